The monoisotopic (exact) mass is 365 g/mol. The number of rotatable bonds is 6. The van der Waals surface area contributed by atoms with Crippen LogP contribution in [0.2, 0.25) is 0 Å². The van der Waals surface area contributed by atoms with Gasteiger partial charge in [0.1, 0.15) is 18.1 Å². The zero-order chi connectivity index (χ0) is 20.2. The van der Waals surface area contributed by atoms with Crippen molar-refractivity contribution in [2.24, 2.45) is 17.4 Å². The number of hydrogen-bond donors (Lipinski definition) is 7. The molecular formula is C15H31N3O7. The van der Waals surface area contributed by atoms with Crippen LogP contribution in [-0.2, 0) is 14.4 Å². The zero-order valence-corrected chi connectivity index (χ0v) is 14.9. The maximum atomic E-state index is 10.1. The summed E-state index contributed by atoms with van der Waals surface area (Å²) in [5.41, 5.74) is 10.1. The first kappa shape index (κ1) is 25.5. The molecule has 1 aliphatic heterocycles. The average Bonchev–Trinajstić information content (AvgIpc) is 3.01. The molecule has 0 radical (unpaired) electrons. The molecule has 1 fully saturated rings. The van der Waals surface area contributed by atoms with Crippen molar-refractivity contribution in [3.63, 3.8) is 0 Å². The first-order valence-electron chi connectivity index (χ1n) is 8.01. The van der Waals surface area contributed by atoms with Crippen LogP contribution in [0.5, 0.6) is 0 Å². The molecule has 0 bridgehead atoms. The van der Waals surface area contributed by atoms with Gasteiger partial charge in [0.2, 0.25) is 0 Å². The number of carbonyl (C=O) groups is 3. The molecule has 0 aromatic rings. The minimum atomic E-state index is -1.18. The molecule has 0 aromatic carbocycles. The van der Waals surface area contributed by atoms with E-state index < -0.39 is 36.1 Å². The fraction of sp³-hybridized carbons (Fsp3) is 0.800. The van der Waals surface area contributed by atoms with E-state index in [0.29, 0.717) is 12.3 Å². The molecule has 25 heavy (non-hydrogen) atoms. The SMILES string of the molecule is CC(C)CC(N)C(=O)O.CC(O)C(N)C(=O)O.O=C(O)[C@@H]1CCCN1. The smallest absolute Gasteiger partial charge is 0.323 e. The third kappa shape index (κ3) is 14.3. The van der Waals surface area contributed by atoms with Gasteiger partial charge < -0.3 is 37.2 Å². The van der Waals surface area contributed by atoms with E-state index in [1.54, 1.807) is 0 Å². The van der Waals surface area contributed by atoms with Gasteiger partial charge in [-0.2, -0.15) is 0 Å². The molecule has 0 aliphatic carbocycles. The lowest BCUT2D eigenvalue weighted by Crippen LogP contribution is -2.39. The summed E-state index contributed by atoms with van der Waals surface area (Å²) in [5, 5.41) is 36.1. The quantitative estimate of drug-likeness (QED) is 0.308. The highest BCUT2D eigenvalue weighted by Crippen LogP contribution is 2.03. The number of nitrogens with one attached hydrogen (secondary N) is 1. The number of aliphatic hydroxyl groups is 1. The van der Waals surface area contributed by atoms with Gasteiger partial charge in [-0.1, -0.05) is 13.8 Å². The van der Waals surface area contributed by atoms with Crippen LogP contribution >= 0.6 is 0 Å². The van der Waals surface area contributed by atoms with Crippen LogP contribution in [0.3, 0.4) is 0 Å². The van der Waals surface area contributed by atoms with Crippen LogP contribution in [-0.4, -0.2) is 69.1 Å². The molecule has 1 saturated heterocycles. The molecule has 3 unspecified atom stereocenters. The normalized spacial score (nSPS) is 19.6. The second-order valence-electron chi connectivity index (χ2n) is 6.17. The van der Waals surface area contributed by atoms with E-state index >= 15 is 0 Å². The molecule has 1 heterocycles. The summed E-state index contributed by atoms with van der Waals surface area (Å²) in [6.45, 7) is 6.08. The highest BCUT2D eigenvalue weighted by molar-refractivity contribution is 5.74. The number of carboxylic acids is 3. The Kier molecular flexibility index (Phi) is 13.8. The second-order valence-corrected chi connectivity index (χ2v) is 6.17. The van der Waals surface area contributed by atoms with Crippen molar-refractivity contribution < 1.29 is 34.8 Å². The maximum absolute atomic E-state index is 10.1. The Balaban J connectivity index is 0. The molecule has 0 saturated carbocycles. The Labute approximate surface area is 147 Å². The molecule has 4 atom stereocenters. The average molecular weight is 365 g/mol. The molecule has 0 spiro atoms. The van der Waals surface area contributed by atoms with Crippen molar-refractivity contribution >= 4 is 17.9 Å². The summed E-state index contributed by atoms with van der Waals surface area (Å²) in [6, 6.07) is -2.12. The zero-order valence-electron chi connectivity index (χ0n) is 14.9. The highest BCUT2D eigenvalue weighted by atomic mass is 16.4. The molecule has 10 heteroatoms. The highest BCUT2D eigenvalue weighted by Gasteiger charge is 2.20. The number of carboxylic acid groups (broad SMARTS) is 3. The largest absolute Gasteiger partial charge is 0.480 e. The van der Waals surface area contributed by atoms with E-state index in [0.717, 1.165) is 19.4 Å². The van der Waals surface area contributed by atoms with Crippen molar-refractivity contribution in [3.05, 3.63) is 0 Å². The van der Waals surface area contributed by atoms with Crippen molar-refractivity contribution in [1.29, 1.82) is 0 Å². The van der Waals surface area contributed by atoms with Gasteiger partial charge in [0.05, 0.1) is 6.10 Å². The lowest BCUT2D eigenvalue weighted by Gasteiger charge is -2.07. The number of aliphatic hydroxyl groups excluding tert-OH is 1. The van der Waals surface area contributed by atoms with E-state index in [2.05, 4.69) is 5.32 Å². The third-order valence-corrected chi connectivity index (χ3v) is 3.21. The van der Waals surface area contributed by atoms with Crippen molar-refractivity contribution in [3.8, 4) is 0 Å². The van der Waals surface area contributed by atoms with Crippen molar-refractivity contribution in [1.82, 2.24) is 5.32 Å². The Bertz CT molecular complexity index is 398. The standard InChI is InChI=1S/C6H13NO2.C5H9NO2.C4H9NO3/c1-4(2)3-5(7)6(8)9;7-5(8)4-2-1-3-6-4;1-2(6)3(5)4(7)8/h4-5H,3,7H2,1-2H3,(H,8,9);4,6H,1-3H2,(H,7,8);2-3,6H,5H2,1H3,(H,7,8)/t;4-;/m.0./s1. The van der Waals surface area contributed by atoms with Gasteiger partial charge in [0.15, 0.2) is 0 Å². The summed E-state index contributed by atoms with van der Waals surface area (Å²) in [5.74, 6) is -2.46. The first-order valence-corrected chi connectivity index (χ1v) is 8.01. The molecule has 148 valence electrons. The lowest BCUT2D eigenvalue weighted by atomic mass is 10.1. The Morgan fingerprint density at radius 2 is 1.60 bits per heavy atom. The summed E-state index contributed by atoms with van der Waals surface area (Å²) in [7, 11) is 0. The summed E-state index contributed by atoms with van der Waals surface area (Å²) in [4.78, 5) is 30.1. The van der Waals surface area contributed by atoms with Crippen LogP contribution < -0.4 is 16.8 Å². The second kappa shape index (κ2) is 13.5. The molecule has 0 aromatic heterocycles. The minimum Gasteiger partial charge on any atom is -0.480 e. The van der Waals surface area contributed by atoms with E-state index in [1.807, 2.05) is 13.8 Å². The van der Waals surface area contributed by atoms with Crippen LogP contribution in [0.15, 0.2) is 0 Å². The lowest BCUT2D eigenvalue weighted by molar-refractivity contribution is -0.141. The fourth-order valence-electron chi connectivity index (χ4n) is 1.71. The van der Waals surface area contributed by atoms with Gasteiger partial charge in [0, 0.05) is 0 Å². The van der Waals surface area contributed by atoms with E-state index in [1.165, 1.54) is 6.92 Å². The Morgan fingerprint density at radius 3 is 1.72 bits per heavy atom. The summed E-state index contributed by atoms with van der Waals surface area (Å²) < 4.78 is 0. The van der Waals surface area contributed by atoms with Crippen LogP contribution in [0.1, 0.15) is 40.0 Å². The molecule has 1 rings (SSSR count). The first-order chi connectivity index (χ1) is 11.4. The number of aliphatic carboxylic acids is 3. The molecule has 10 nitrogen and oxygen atoms in total. The number of hydrogen-bond acceptors (Lipinski definition) is 7. The van der Waals surface area contributed by atoms with Gasteiger partial charge in [-0.3, -0.25) is 14.4 Å². The van der Waals surface area contributed by atoms with Crippen LogP contribution in [0, 0.1) is 5.92 Å². The van der Waals surface area contributed by atoms with Gasteiger partial charge >= 0.3 is 17.9 Å². The van der Waals surface area contributed by atoms with Crippen LogP contribution in [0.4, 0.5) is 0 Å². The minimum absolute atomic E-state index is 0.269. The molecular weight excluding hydrogens is 334 g/mol. The molecule has 1 aliphatic rings. The van der Waals surface area contributed by atoms with Crippen molar-refractivity contribution in [2.75, 3.05) is 6.54 Å². The van der Waals surface area contributed by atoms with E-state index in [9.17, 15) is 14.4 Å². The fourth-order valence-corrected chi connectivity index (χ4v) is 1.71. The maximum Gasteiger partial charge on any atom is 0.323 e. The van der Waals surface area contributed by atoms with E-state index in [-0.39, 0.29) is 6.04 Å². The van der Waals surface area contributed by atoms with E-state index in [4.69, 9.17) is 31.9 Å². The Hall–Kier alpha value is -1.75. The van der Waals surface area contributed by atoms with Gasteiger partial charge in [-0.15, -0.1) is 0 Å². The van der Waals surface area contributed by atoms with Gasteiger partial charge in [0.25, 0.3) is 0 Å². The predicted octanol–water partition coefficient (Wildman–Crippen LogP) is -0.953. The Morgan fingerprint density at radius 1 is 1.08 bits per heavy atom. The van der Waals surface area contributed by atoms with Crippen LogP contribution in [0.25, 0.3) is 0 Å². The third-order valence-electron chi connectivity index (χ3n) is 3.21. The molecule has 9 N–H and O–H groups in total. The van der Waals surface area contributed by atoms with Crippen molar-refractivity contribution in [2.45, 2.75) is 64.3 Å². The topological polar surface area (TPSA) is 196 Å². The summed E-state index contributed by atoms with van der Waals surface area (Å²) in [6.07, 6.45) is 1.36. The number of nitrogens with two attached hydrogens (primary N) is 2. The molecule has 0 amide bonds. The predicted molar refractivity (Wildman–Crippen MR) is 91.0 cm³/mol. The van der Waals surface area contributed by atoms with Gasteiger partial charge in [-0.05, 0) is 38.6 Å². The van der Waals surface area contributed by atoms with Gasteiger partial charge in [-0.25, -0.2) is 0 Å². The summed E-state index contributed by atoms with van der Waals surface area (Å²) >= 11 is 0.